The van der Waals surface area contributed by atoms with Crippen molar-refractivity contribution in [3.63, 3.8) is 0 Å². The van der Waals surface area contributed by atoms with Crippen LogP contribution in [0.4, 0.5) is 0 Å². The van der Waals surface area contributed by atoms with Gasteiger partial charge in [0.25, 0.3) is 5.91 Å². The van der Waals surface area contributed by atoms with Gasteiger partial charge in [0.2, 0.25) is 5.79 Å². The summed E-state index contributed by atoms with van der Waals surface area (Å²) in [7, 11) is 1.53. The number of carbonyl (C=O) groups is 3. The lowest BCUT2D eigenvalue weighted by atomic mass is 9.96. The highest BCUT2D eigenvalue weighted by molar-refractivity contribution is 6.31. The first kappa shape index (κ1) is 23.7. The van der Waals surface area contributed by atoms with Gasteiger partial charge in [-0.25, -0.2) is 9.59 Å². The van der Waals surface area contributed by atoms with Crippen molar-refractivity contribution >= 4 is 61.5 Å². The second kappa shape index (κ2) is 7.56. The first-order chi connectivity index (χ1) is 18.6. The van der Waals surface area contributed by atoms with E-state index in [0.29, 0.717) is 6.54 Å². The number of aromatic nitrogens is 2. The van der Waals surface area contributed by atoms with Gasteiger partial charge in [0.05, 0.1) is 34.1 Å². The van der Waals surface area contributed by atoms with Crippen molar-refractivity contribution in [3.05, 3.63) is 59.7 Å². The fourth-order valence-corrected chi connectivity index (χ4v) is 6.69. The zero-order valence-electron chi connectivity index (χ0n) is 20.9. The molecule has 198 valence electrons. The standard InChI is InChI=1S/C26H21N3O4.C2H2O4/c1-25-26(31,32-2)11-18(33-25)28-16-9-5-3-7-13(16)20-21-15(12-27-24(21)30)19-14-8-4-6-10-17(14)29(25)23(19)22(20)28;3-1(4)2(5)6/h3-10,18,31H,11-12H2,1-2H3,(H,27,30);(H,3,4)(H,5,6)/t18-,25+,26+;/m1./s1. The molecule has 5 aromatic rings. The van der Waals surface area contributed by atoms with Crippen molar-refractivity contribution in [1.29, 1.82) is 0 Å². The van der Waals surface area contributed by atoms with Crippen LogP contribution in [0.1, 0.15) is 35.5 Å². The Hall–Kier alpha value is -4.45. The molecule has 39 heavy (non-hydrogen) atoms. The summed E-state index contributed by atoms with van der Waals surface area (Å²) in [6, 6.07) is 16.3. The molecule has 3 aromatic carbocycles. The average Bonchev–Trinajstić information content (AvgIpc) is 3.61. The van der Waals surface area contributed by atoms with E-state index in [2.05, 4.69) is 32.7 Å². The van der Waals surface area contributed by atoms with E-state index in [4.69, 9.17) is 29.3 Å². The van der Waals surface area contributed by atoms with Crippen LogP contribution < -0.4 is 5.32 Å². The summed E-state index contributed by atoms with van der Waals surface area (Å²) in [6.07, 6.45) is -0.184. The number of fused-ring (bicyclic) bond motifs is 13. The van der Waals surface area contributed by atoms with Crippen molar-refractivity contribution in [2.24, 2.45) is 0 Å². The molecule has 0 unspecified atom stereocenters. The Kier molecular flexibility index (Phi) is 4.59. The van der Waals surface area contributed by atoms with Gasteiger partial charge in [0.15, 0.2) is 5.72 Å². The first-order valence-corrected chi connectivity index (χ1v) is 12.3. The van der Waals surface area contributed by atoms with E-state index in [1.165, 1.54) is 7.11 Å². The van der Waals surface area contributed by atoms with Crippen molar-refractivity contribution < 1.29 is 39.2 Å². The molecule has 1 amide bonds. The van der Waals surface area contributed by atoms with E-state index in [-0.39, 0.29) is 12.3 Å². The second-order valence-electron chi connectivity index (χ2n) is 10.1. The van der Waals surface area contributed by atoms with Gasteiger partial charge in [0, 0.05) is 35.2 Å². The maximum absolute atomic E-state index is 13.2. The van der Waals surface area contributed by atoms with Gasteiger partial charge in [-0.05, 0) is 24.6 Å². The SMILES string of the molecule is CO[C@@]1(O)C[C@H]2O[C@]1(C)n1c3ccccc3c3c4c(c5c6ccccc6n2c5c31)C(=O)NC4.O=C(O)C(=O)O. The highest BCUT2D eigenvalue weighted by atomic mass is 16.7. The Morgan fingerprint density at radius 1 is 1.00 bits per heavy atom. The molecular weight excluding hydrogens is 506 g/mol. The number of nitrogens with one attached hydrogen (secondary N) is 1. The molecule has 1 fully saturated rings. The van der Waals surface area contributed by atoms with Crippen LogP contribution >= 0.6 is 0 Å². The Balaban J connectivity index is 0.000000384. The molecule has 8 rings (SSSR count). The molecule has 4 N–H and O–H groups in total. The van der Waals surface area contributed by atoms with Crippen LogP contribution in [0.3, 0.4) is 0 Å². The van der Waals surface area contributed by atoms with E-state index >= 15 is 0 Å². The molecule has 5 heterocycles. The lowest BCUT2D eigenvalue weighted by Crippen LogP contribution is -2.51. The normalized spacial score (nSPS) is 24.7. The van der Waals surface area contributed by atoms with Crippen molar-refractivity contribution in [1.82, 2.24) is 14.5 Å². The predicted octanol–water partition coefficient (Wildman–Crippen LogP) is 3.24. The molecule has 0 saturated carbocycles. The number of hydrogen-bond donors (Lipinski definition) is 4. The fourth-order valence-electron chi connectivity index (χ4n) is 6.69. The van der Waals surface area contributed by atoms with Crippen LogP contribution in [0.5, 0.6) is 0 Å². The lowest BCUT2D eigenvalue weighted by Gasteiger charge is -2.38. The highest BCUT2D eigenvalue weighted by Gasteiger charge is 2.61. The average molecular weight is 530 g/mol. The number of benzene rings is 3. The van der Waals surface area contributed by atoms with Gasteiger partial charge < -0.3 is 39.2 Å². The fraction of sp³-hybridized carbons (Fsp3) is 0.250. The van der Waals surface area contributed by atoms with Crippen LogP contribution in [0, 0.1) is 0 Å². The summed E-state index contributed by atoms with van der Waals surface area (Å²) in [6.45, 7) is 2.38. The molecule has 2 aromatic heterocycles. The Bertz CT molecular complexity index is 1930. The van der Waals surface area contributed by atoms with Gasteiger partial charge in [0.1, 0.15) is 6.23 Å². The predicted molar refractivity (Wildman–Crippen MR) is 139 cm³/mol. The number of amides is 1. The topological polar surface area (TPSA) is 152 Å². The van der Waals surface area contributed by atoms with Gasteiger partial charge in [-0.3, -0.25) is 4.79 Å². The molecule has 11 heteroatoms. The number of nitrogens with zero attached hydrogens (tertiary/aromatic N) is 2. The van der Waals surface area contributed by atoms with Gasteiger partial charge in [-0.2, -0.15) is 0 Å². The summed E-state index contributed by atoms with van der Waals surface area (Å²) in [5.74, 6) is -5.22. The quantitative estimate of drug-likeness (QED) is 0.191. The van der Waals surface area contributed by atoms with Crippen LogP contribution in [0.25, 0.3) is 43.6 Å². The zero-order valence-corrected chi connectivity index (χ0v) is 20.9. The molecule has 11 nitrogen and oxygen atoms in total. The lowest BCUT2D eigenvalue weighted by molar-refractivity contribution is -0.285. The van der Waals surface area contributed by atoms with E-state index in [1.807, 2.05) is 37.3 Å². The van der Waals surface area contributed by atoms with Gasteiger partial charge in [-0.15, -0.1) is 0 Å². The summed E-state index contributed by atoms with van der Waals surface area (Å²) in [5, 5.41) is 33.6. The Morgan fingerprint density at radius 2 is 1.62 bits per heavy atom. The molecule has 2 bridgehead atoms. The van der Waals surface area contributed by atoms with E-state index in [9.17, 15) is 9.90 Å². The van der Waals surface area contributed by atoms with Crippen LogP contribution in [0.15, 0.2) is 48.5 Å². The van der Waals surface area contributed by atoms with Crippen molar-refractivity contribution in [3.8, 4) is 0 Å². The monoisotopic (exact) mass is 529 g/mol. The van der Waals surface area contributed by atoms with Crippen LogP contribution in [-0.2, 0) is 31.3 Å². The molecule has 0 aliphatic carbocycles. The van der Waals surface area contributed by atoms with Crippen LogP contribution in [0.2, 0.25) is 0 Å². The van der Waals surface area contributed by atoms with E-state index in [0.717, 1.165) is 54.7 Å². The third kappa shape index (κ3) is 2.73. The maximum Gasteiger partial charge on any atom is 0.414 e. The Morgan fingerprint density at radius 3 is 2.26 bits per heavy atom. The minimum atomic E-state index is -1.82. The molecule has 0 spiro atoms. The maximum atomic E-state index is 13.2. The molecule has 3 aliphatic heterocycles. The largest absolute Gasteiger partial charge is 0.473 e. The third-order valence-corrected chi connectivity index (χ3v) is 8.29. The van der Waals surface area contributed by atoms with Crippen molar-refractivity contribution in [2.45, 2.75) is 37.6 Å². The number of hydrogen-bond acceptors (Lipinski definition) is 6. The third-order valence-electron chi connectivity index (χ3n) is 8.29. The number of rotatable bonds is 1. The molecule has 3 atom stereocenters. The molecule has 0 radical (unpaired) electrons. The summed E-state index contributed by atoms with van der Waals surface area (Å²) in [4.78, 5) is 31.4. The van der Waals surface area contributed by atoms with Crippen molar-refractivity contribution in [2.75, 3.05) is 7.11 Å². The number of carboxylic acids is 2. The number of aliphatic carboxylic acids is 2. The summed E-state index contributed by atoms with van der Waals surface area (Å²) in [5.41, 5.74) is 4.46. The number of carboxylic acid groups (broad SMARTS) is 2. The highest BCUT2D eigenvalue weighted by Crippen LogP contribution is 2.57. The minimum absolute atomic E-state index is 0.0402. The Labute approximate surface area is 219 Å². The number of carbonyl (C=O) groups excluding carboxylic acids is 1. The van der Waals surface area contributed by atoms with Gasteiger partial charge >= 0.3 is 11.9 Å². The second-order valence-corrected chi connectivity index (χ2v) is 10.1. The summed E-state index contributed by atoms with van der Waals surface area (Å²) >= 11 is 0. The zero-order chi connectivity index (χ0) is 27.4. The molecular formula is C28H23N3O8. The summed E-state index contributed by atoms with van der Waals surface area (Å²) < 4.78 is 16.7. The van der Waals surface area contributed by atoms with E-state index in [1.54, 1.807) is 0 Å². The number of para-hydroxylation sites is 2. The molecule has 1 saturated heterocycles. The van der Waals surface area contributed by atoms with Crippen LogP contribution in [-0.4, -0.2) is 55.2 Å². The number of ether oxygens (including phenoxy) is 2. The van der Waals surface area contributed by atoms with Gasteiger partial charge in [-0.1, -0.05) is 36.4 Å². The smallest absolute Gasteiger partial charge is 0.414 e. The number of methoxy groups -OCH3 is 1. The molecule has 3 aliphatic rings. The first-order valence-electron chi connectivity index (χ1n) is 12.3. The van der Waals surface area contributed by atoms with E-state index < -0.39 is 29.7 Å². The number of aliphatic hydroxyl groups is 1. The minimum Gasteiger partial charge on any atom is -0.473 e.